The maximum absolute atomic E-state index is 12.1. The lowest BCUT2D eigenvalue weighted by molar-refractivity contribution is -0.0109. The monoisotopic (exact) mass is 235 g/mol. The second-order valence-corrected chi connectivity index (χ2v) is 4.77. The van der Waals surface area contributed by atoms with Crippen molar-refractivity contribution >= 4 is 11.7 Å². The van der Waals surface area contributed by atoms with Gasteiger partial charge in [0.1, 0.15) is 11.5 Å². The van der Waals surface area contributed by atoms with E-state index in [0.717, 1.165) is 12.8 Å². The lowest BCUT2D eigenvalue weighted by Crippen LogP contribution is -2.48. The van der Waals surface area contributed by atoms with E-state index in [0.29, 0.717) is 24.6 Å². The average Bonchev–Trinajstić information content (AvgIpc) is 2.26. The van der Waals surface area contributed by atoms with Gasteiger partial charge >= 0.3 is 0 Å². The molecule has 1 aromatic heterocycles. The first kappa shape index (κ1) is 11.9. The standard InChI is InChI=1S/C12H17N3O2/c1-12(17)6-3-7-15(8-12)11(16)9-4-2-5-10(13)14-9/h2,4-5,17H,3,6-8H2,1H3,(H2,13,14). The molecule has 1 aliphatic heterocycles. The van der Waals surface area contributed by atoms with Crippen molar-refractivity contribution in [2.75, 3.05) is 18.8 Å². The van der Waals surface area contributed by atoms with Gasteiger partial charge in [-0.2, -0.15) is 0 Å². The second kappa shape index (κ2) is 4.33. The number of nitrogens with zero attached hydrogens (tertiary/aromatic N) is 2. The molecule has 2 heterocycles. The minimum Gasteiger partial charge on any atom is -0.388 e. The Morgan fingerprint density at radius 1 is 1.59 bits per heavy atom. The molecule has 0 aromatic carbocycles. The highest BCUT2D eigenvalue weighted by Crippen LogP contribution is 2.21. The number of aromatic nitrogens is 1. The van der Waals surface area contributed by atoms with Crippen LogP contribution >= 0.6 is 0 Å². The predicted molar refractivity (Wildman–Crippen MR) is 64.4 cm³/mol. The van der Waals surface area contributed by atoms with Gasteiger partial charge in [-0.25, -0.2) is 4.98 Å². The maximum atomic E-state index is 12.1. The van der Waals surface area contributed by atoms with E-state index in [-0.39, 0.29) is 5.91 Å². The van der Waals surface area contributed by atoms with E-state index < -0.39 is 5.60 Å². The molecule has 0 bridgehead atoms. The molecule has 1 saturated heterocycles. The molecule has 1 aliphatic rings. The minimum absolute atomic E-state index is 0.169. The van der Waals surface area contributed by atoms with E-state index in [1.165, 1.54) is 0 Å². The van der Waals surface area contributed by atoms with Crippen LogP contribution in [0.3, 0.4) is 0 Å². The zero-order valence-electron chi connectivity index (χ0n) is 9.89. The van der Waals surface area contributed by atoms with E-state index in [2.05, 4.69) is 4.98 Å². The number of carbonyl (C=O) groups excluding carboxylic acids is 1. The summed E-state index contributed by atoms with van der Waals surface area (Å²) in [6.07, 6.45) is 1.53. The number of hydrogen-bond acceptors (Lipinski definition) is 4. The SMILES string of the molecule is CC1(O)CCCN(C(=O)c2cccc(N)n2)C1. The Bertz CT molecular complexity index is 432. The van der Waals surface area contributed by atoms with Crippen molar-refractivity contribution in [2.45, 2.75) is 25.4 Å². The molecule has 1 aromatic rings. The molecule has 1 fully saturated rings. The fourth-order valence-corrected chi connectivity index (χ4v) is 2.13. The summed E-state index contributed by atoms with van der Waals surface area (Å²) in [7, 11) is 0. The number of aliphatic hydroxyl groups is 1. The fraction of sp³-hybridized carbons (Fsp3) is 0.500. The first-order chi connectivity index (χ1) is 7.98. The Morgan fingerprint density at radius 2 is 2.35 bits per heavy atom. The number of amides is 1. The van der Waals surface area contributed by atoms with Crippen molar-refractivity contribution < 1.29 is 9.90 Å². The summed E-state index contributed by atoms with van der Waals surface area (Å²) in [4.78, 5) is 17.8. The lowest BCUT2D eigenvalue weighted by Gasteiger charge is -2.36. The van der Waals surface area contributed by atoms with Gasteiger partial charge in [0.15, 0.2) is 0 Å². The molecular weight excluding hydrogens is 218 g/mol. The van der Waals surface area contributed by atoms with Crippen molar-refractivity contribution in [3.63, 3.8) is 0 Å². The molecule has 1 amide bonds. The highest BCUT2D eigenvalue weighted by Gasteiger charge is 2.31. The number of carbonyl (C=O) groups is 1. The van der Waals surface area contributed by atoms with Crippen LogP contribution in [0.4, 0.5) is 5.82 Å². The summed E-state index contributed by atoms with van der Waals surface area (Å²) in [5.41, 5.74) is 5.09. The number of piperidine rings is 1. The van der Waals surface area contributed by atoms with Crippen LogP contribution in [0.25, 0.3) is 0 Å². The Morgan fingerprint density at radius 3 is 3.00 bits per heavy atom. The third-order valence-corrected chi connectivity index (χ3v) is 2.95. The number of rotatable bonds is 1. The van der Waals surface area contributed by atoms with E-state index in [9.17, 15) is 9.90 Å². The molecule has 1 atom stereocenters. The van der Waals surface area contributed by atoms with Crippen molar-refractivity contribution in [1.82, 2.24) is 9.88 Å². The molecule has 3 N–H and O–H groups in total. The Kier molecular flexibility index (Phi) is 3.02. The smallest absolute Gasteiger partial charge is 0.272 e. The molecule has 0 radical (unpaired) electrons. The van der Waals surface area contributed by atoms with Gasteiger partial charge in [-0.05, 0) is 31.9 Å². The molecule has 5 heteroatoms. The van der Waals surface area contributed by atoms with Gasteiger partial charge in [0.2, 0.25) is 0 Å². The van der Waals surface area contributed by atoms with Crippen LogP contribution in [0.1, 0.15) is 30.3 Å². The Hall–Kier alpha value is -1.62. The average molecular weight is 235 g/mol. The lowest BCUT2D eigenvalue weighted by atomic mass is 9.95. The summed E-state index contributed by atoms with van der Waals surface area (Å²) < 4.78 is 0. The topological polar surface area (TPSA) is 79.5 Å². The fourth-order valence-electron chi connectivity index (χ4n) is 2.13. The largest absolute Gasteiger partial charge is 0.388 e. The molecule has 0 aliphatic carbocycles. The zero-order valence-corrected chi connectivity index (χ0v) is 9.89. The molecule has 17 heavy (non-hydrogen) atoms. The number of hydrogen-bond donors (Lipinski definition) is 2. The molecule has 2 rings (SSSR count). The van der Waals surface area contributed by atoms with Gasteiger partial charge in [0.25, 0.3) is 5.91 Å². The highest BCUT2D eigenvalue weighted by atomic mass is 16.3. The Balaban J connectivity index is 2.15. The third-order valence-electron chi connectivity index (χ3n) is 2.95. The zero-order chi connectivity index (χ0) is 12.5. The summed E-state index contributed by atoms with van der Waals surface area (Å²) in [6.45, 7) is 2.76. The summed E-state index contributed by atoms with van der Waals surface area (Å²) in [5.74, 6) is 0.164. The minimum atomic E-state index is -0.797. The highest BCUT2D eigenvalue weighted by molar-refractivity contribution is 5.92. The quantitative estimate of drug-likeness (QED) is 0.749. The van der Waals surface area contributed by atoms with Crippen LogP contribution < -0.4 is 5.73 Å². The van der Waals surface area contributed by atoms with Crippen LogP contribution in [0.5, 0.6) is 0 Å². The van der Waals surface area contributed by atoms with Crippen LogP contribution in [0.15, 0.2) is 18.2 Å². The number of likely N-dealkylation sites (tertiary alicyclic amines) is 1. The van der Waals surface area contributed by atoms with Crippen LogP contribution in [0, 0.1) is 0 Å². The molecule has 5 nitrogen and oxygen atoms in total. The normalized spacial score (nSPS) is 24.7. The Labute approximate surface area is 100 Å². The van der Waals surface area contributed by atoms with Gasteiger partial charge in [-0.3, -0.25) is 4.79 Å². The van der Waals surface area contributed by atoms with Crippen molar-refractivity contribution in [2.24, 2.45) is 0 Å². The summed E-state index contributed by atoms with van der Waals surface area (Å²) in [5, 5.41) is 9.96. The third kappa shape index (κ3) is 2.74. The van der Waals surface area contributed by atoms with Gasteiger partial charge in [0, 0.05) is 13.1 Å². The molecule has 0 saturated carbocycles. The predicted octanol–water partition coefficient (Wildman–Crippen LogP) is 0.651. The van der Waals surface area contributed by atoms with Crippen molar-refractivity contribution in [3.05, 3.63) is 23.9 Å². The number of pyridine rings is 1. The number of nitrogen functional groups attached to an aromatic ring is 1. The van der Waals surface area contributed by atoms with E-state index in [1.807, 2.05) is 0 Å². The number of nitrogens with two attached hydrogens (primary N) is 1. The molecule has 1 unspecified atom stereocenters. The number of anilines is 1. The first-order valence-corrected chi connectivity index (χ1v) is 5.72. The van der Waals surface area contributed by atoms with Crippen LogP contribution in [-0.4, -0.2) is 39.6 Å². The molecular formula is C12H17N3O2. The molecule has 92 valence electrons. The van der Waals surface area contributed by atoms with E-state index in [1.54, 1.807) is 30.0 Å². The van der Waals surface area contributed by atoms with Crippen molar-refractivity contribution in [1.29, 1.82) is 0 Å². The van der Waals surface area contributed by atoms with E-state index in [4.69, 9.17) is 5.73 Å². The van der Waals surface area contributed by atoms with E-state index >= 15 is 0 Å². The van der Waals surface area contributed by atoms with Crippen LogP contribution in [-0.2, 0) is 0 Å². The maximum Gasteiger partial charge on any atom is 0.272 e. The second-order valence-electron chi connectivity index (χ2n) is 4.77. The van der Waals surface area contributed by atoms with Crippen molar-refractivity contribution in [3.8, 4) is 0 Å². The first-order valence-electron chi connectivity index (χ1n) is 5.72. The summed E-state index contributed by atoms with van der Waals surface area (Å²) >= 11 is 0. The summed E-state index contributed by atoms with van der Waals surface area (Å²) in [6, 6.07) is 4.99. The van der Waals surface area contributed by atoms with Gasteiger partial charge in [-0.1, -0.05) is 6.07 Å². The van der Waals surface area contributed by atoms with Gasteiger partial charge in [0.05, 0.1) is 5.60 Å². The van der Waals surface area contributed by atoms with Crippen LogP contribution in [0.2, 0.25) is 0 Å². The molecule has 0 spiro atoms. The number of β-amino-alcohol motifs (C(OH)–C–C–N with tert-alkyl or cyclic N) is 1. The van der Waals surface area contributed by atoms with Gasteiger partial charge in [-0.15, -0.1) is 0 Å². The van der Waals surface area contributed by atoms with Gasteiger partial charge < -0.3 is 15.7 Å².